The molecule has 0 aromatic carbocycles. The molecule has 1 saturated carbocycles. The number of carboxylic acids is 1. The zero-order chi connectivity index (χ0) is 9.57. The third-order valence-electron chi connectivity index (χ3n) is 2.31. The lowest BCUT2D eigenvalue weighted by Gasteiger charge is -2.06. The molecule has 2 atom stereocenters. The minimum Gasteiger partial charge on any atom is -0.481 e. The van der Waals surface area contributed by atoms with E-state index in [9.17, 15) is 13.2 Å². The van der Waals surface area contributed by atoms with Crippen LogP contribution in [0.3, 0.4) is 0 Å². The maximum Gasteiger partial charge on any atom is 0.312 e. The van der Waals surface area contributed by atoms with Gasteiger partial charge in [0.15, 0.2) is 9.84 Å². The van der Waals surface area contributed by atoms with Crippen LogP contribution in [0, 0.1) is 5.41 Å². The number of hydrogen-bond donors (Lipinski definition) is 2. The second kappa shape index (κ2) is 2.43. The lowest BCUT2D eigenvalue weighted by molar-refractivity contribution is -0.142. The Bertz CT molecular complexity index is 310. The van der Waals surface area contributed by atoms with Gasteiger partial charge in [-0.2, -0.15) is 0 Å². The molecule has 0 saturated heterocycles. The molecule has 1 aliphatic carbocycles. The molecule has 0 spiro atoms. The van der Waals surface area contributed by atoms with Crippen molar-refractivity contribution in [3.8, 4) is 0 Å². The van der Waals surface area contributed by atoms with Crippen LogP contribution in [0.2, 0.25) is 0 Å². The van der Waals surface area contributed by atoms with E-state index in [-0.39, 0.29) is 13.0 Å². The van der Waals surface area contributed by atoms with Gasteiger partial charge in [-0.3, -0.25) is 4.79 Å². The van der Waals surface area contributed by atoms with E-state index in [0.717, 1.165) is 6.26 Å². The number of aliphatic carboxylic acids is 1. The molecule has 6 heteroatoms. The molecule has 0 aromatic heterocycles. The standard InChI is InChI=1S/C6H11NO4S/c1-12(10,11)4-2-6(4,3-7)5(8)9/h4H,2-3,7H2,1H3,(H,8,9)/t4-,6+/m0/s1. The average Bonchev–Trinajstić information content (AvgIpc) is 2.60. The summed E-state index contributed by atoms with van der Waals surface area (Å²) in [6.07, 6.45) is 1.19. The molecule has 1 rings (SSSR count). The Morgan fingerprint density at radius 2 is 2.25 bits per heavy atom. The molecule has 0 aliphatic heterocycles. The van der Waals surface area contributed by atoms with Crippen molar-refractivity contribution in [2.24, 2.45) is 11.1 Å². The fourth-order valence-electron chi connectivity index (χ4n) is 1.36. The quantitative estimate of drug-likeness (QED) is 0.588. The second-order valence-corrected chi connectivity index (χ2v) is 5.42. The molecule has 0 aromatic rings. The lowest BCUT2D eigenvalue weighted by Crippen LogP contribution is -2.30. The summed E-state index contributed by atoms with van der Waals surface area (Å²) in [6.45, 7) is -0.111. The van der Waals surface area contributed by atoms with Gasteiger partial charge in [0, 0.05) is 12.8 Å². The third-order valence-corrected chi connectivity index (χ3v) is 3.96. The summed E-state index contributed by atoms with van der Waals surface area (Å²) in [6, 6.07) is 0. The van der Waals surface area contributed by atoms with Crippen LogP contribution in [0.15, 0.2) is 0 Å². The van der Waals surface area contributed by atoms with E-state index < -0.39 is 26.5 Å². The van der Waals surface area contributed by atoms with Gasteiger partial charge < -0.3 is 10.8 Å². The van der Waals surface area contributed by atoms with Gasteiger partial charge in [0.05, 0.1) is 10.7 Å². The minimum atomic E-state index is -3.26. The molecule has 1 fully saturated rings. The van der Waals surface area contributed by atoms with Crippen LogP contribution in [0.5, 0.6) is 0 Å². The van der Waals surface area contributed by atoms with Gasteiger partial charge in [0.25, 0.3) is 0 Å². The summed E-state index contributed by atoms with van der Waals surface area (Å²) in [5, 5.41) is 7.91. The molecule has 0 unspecified atom stereocenters. The van der Waals surface area contributed by atoms with E-state index in [1.54, 1.807) is 0 Å². The maximum atomic E-state index is 11.0. The monoisotopic (exact) mass is 193 g/mol. The van der Waals surface area contributed by atoms with Crippen LogP contribution >= 0.6 is 0 Å². The largest absolute Gasteiger partial charge is 0.481 e. The highest BCUT2D eigenvalue weighted by molar-refractivity contribution is 7.91. The number of carboxylic acid groups (broad SMARTS) is 1. The van der Waals surface area contributed by atoms with E-state index in [1.165, 1.54) is 0 Å². The first-order valence-corrected chi connectivity index (χ1v) is 5.42. The van der Waals surface area contributed by atoms with Crippen molar-refractivity contribution in [3.63, 3.8) is 0 Å². The van der Waals surface area contributed by atoms with Crippen LogP contribution in [0.4, 0.5) is 0 Å². The van der Waals surface area contributed by atoms with Crippen molar-refractivity contribution < 1.29 is 18.3 Å². The van der Waals surface area contributed by atoms with Gasteiger partial charge in [0.2, 0.25) is 0 Å². The minimum absolute atomic E-state index is 0.111. The van der Waals surface area contributed by atoms with Gasteiger partial charge in [0.1, 0.15) is 0 Å². The number of rotatable bonds is 3. The zero-order valence-corrected chi connectivity index (χ0v) is 7.47. The Balaban J connectivity index is 2.89. The van der Waals surface area contributed by atoms with Gasteiger partial charge in [-0.25, -0.2) is 8.42 Å². The average molecular weight is 193 g/mol. The van der Waals surface area contributed by atoms with Crippen LogP contribution in [0.25, 0.3) is 0 Å². The first-order chi connectivity index (χ1) is 5.34. The normalized spacial score (nSPS) is 34.7. The molecule has 0 radical (unpaired) electrons. The smallest absolute Gasteiger partial charge is 0.312 e. The first kappa shape index (κ1) is 9.47. The van der Waals surface area contributed by atoms with Crippen molar-refractivity contribution in [1.82, 2.24) is 0 Å². The molecule has 5 nitrogen and oxygen atoms in total. The molecule has 3 N–H and O–H groups in total. The highest BCUT2D eigenvalue weighted by Crippen LogP contribution is 2.49. The Labute approximate surface area is 70.5 Å². The van der Waals surface area contributed by atoms with Crippen molar-refractivity contribution in [2.75, 3.05) is 12.8 Å². The Morgan fingerprint density at radius 1 is 1.75 bits per heavy atom. The molecule has 12 heavy (non-hydrogen) atoms. The van der Waals surface area contributed by atoms with Gasteiger partial charge >= 0.3 is 5.97 Å². The van der Waals surface area contributed by atoms with Crippen molar-refractivity contribution in [2.45, 2.75) is 11.7 Å². The first-order valence-electron chi connectivity index (χ1n) is 3.47. The summed E-state index contributed by atoms with van der Waals surface area (Å²) in [7, 11) is -3.26. The third kappa shape index (κ3) is 1.21. The Kier molecular flexibility index (Phi) is 1.92. The fraction of sp³-hybridized carbons (Fsp3) is 0.833. The molecular formula is C6H11NO4S. The molecule has 1 aliphatic rings. The maximum absolute atomic E-state index is 11.0. The summed E-state index contributed by atoms with van der Waals surface area (Å²) >= 11 is 0. The fourth-order valence-corrected chi connectivity index (χ4v) is 2.98. The highest BCUT2D eigenvalue weighted by Gasteiger charge is 2.64. The van der Waals surface area contributed by atoms with Gasteiger partial charge in [-0.1, -0.05) is 0 Å². The molecule has 0 amide bonds. The highest BCUT2D eigenvalue weighted by atomic mass is 32.2. The molecule has 70 valence electrons. The molecule has 0 heterocycles. The number of hydrogen-bond acceptors (Lipinski definition) is 4. The number of sulfone groups is 1. The van der Waals surface area contributed by atoms with Gasteiger partial charge in [-0.05, 0) is 6.42 Å². The SMILES string of the molecule is CS(=O)(=O)[C@H]1C[C@]1(CN)C(=O)O. The van der Waals surface area contributed by atoms with Crippen LogP contribution in [-0.2, 0) is 14.6 Å². The Morgan fingerprint density at radius 3 is 2.33 bits per heavy atom. The summed E-state index contributed by atoms with van der Waals surface area (Å²) in [5.74, 6) is -1.11. The van der Waals surface area contributed by atoms with E-state index in [1.807, 2.05) is 0 Å². The predicted molar refractivity (Wildman–Crippen MR) is 42.4 cm³/mol. The second-order valence-electron chi connectivity index (χ2n) is 3.19. The van der Waals surface area contributed by atoms with Crippen LogP contribution in [-0.4, -0.2) is 37.5 Å². The zero-order valence-electron chi connectivity index (χ0n) is 6.65. The number of nitrogens with two attached hydrogens (primary N) is 1. The van der Waals surface area contributed by atoms with Crippen molar-refractivity contribution in [1.29, 1.82) is 0 Å². The van der Waals surface area contributed by atoms with Crippen LogP contribution in [0.1, 0.15) is 6.42 Å². The summed E-state index contributed by atoms with van der Waals surface area (Å²) < 4.78 is 21.9. The molecule has 0 bridgehead atoms. The van der Waals surface area contributed by atoms with E-state index in [0.29, 0.717) is 0 Å². The van der Waals surface area contributed by atoms with Crippen molar-refractivity contribution in [3.05, 3.63) is 0 Å². The summed E-state index contributed by atoms with van der Waals surface area (Å²) in [4.78, 5) is 10.6. The van der Waals surface area contributed by atoms with Crippen LogP contribution < -0.4 is 5.73 Å². The summed E-state index contributed by atoms with van der Waals surface area (Å²) in [5.41, 5.74) is 4.01. The topological polar surface area (TPSA) is 97.5 Å². The number of carbonyl (C=O) groups is 1. The molecular weight excluding hydrogens is 182 g/mol. The lowest BCUT2D eigenvalue weighted by atomic mass is 10.1. The Hall–Kier alpha value is -0.620. The van der Waals surface area contributed by atoms with Gasteiger partial charge in [-0.15, -0.1) is 0 Å². The predicted octanol–water partition coefficient (Wildman–Crippen LogP) is -1.17. The van der Waals surface area contributed by atoms with E-state index >= 15 is 0 Å². The van der Waals surface area contributed by atoms with Crippen molar-refractivity contribution >= 4 is 15.8 Å². The van der Waals surface area contributed by atoms with E-state index in [2.05, 4.69) is 0 Å². The van der Waals surface area contributed by atoms with E-state index in [4.69, 9.17) is 10.8 Å².